The Morgan fingerprint density at radius 1 is 1.38 bits per heavy atom. The first kappa shape index (κ1) is 17.5. The van der Waals surface area contributed by atoms with Crippen LogP contribution in [-0.2, 0) is 14.8 Å². The van der Waals surface area contributed by atoms with E-state index in [0.29, 0.717) is 11.3 Å². The number of aryl methyl sites for hydroxylation is 1. The van der Waals surface area contributed by atoms with Crippen LogP contribution in [0.3, 0.4) is 0 Å². The van der Waals surface area contributed by atoms with Gasteiger partial charge in [0.15, 0.2) is 6.10 Å². The highest BCUT2D eigenvalue weighted by Gasteiger charge is 2.18. The molecule has 0 saturated carbocycles. The third-order valence-electron chi connectivity index (χ3n) is 3.15. The Hall–Kier alpha value is -1.60. The standard InChI is InChI=1S/C14H22N2O4S/c1-5-10(3)16-14(17)11(4)20-13-7-6-12(8-9(13)2)21(15,18)19/h6-8,10-11H,5H2,1-4H3,(H,16,17)(H2,15,18,19). The summed E-state index contributed by atoms with van der Waals surface area (Å²) in [5.41, 5.74) is 0.602. The first-order chi connectivity index (χ1) is 9.65. The van der Waals surface area contributed by atoms with Gasteiger partial charge in [0, 0.05) is 6.04 Å². The Kier molecular flexibility index (Phi) is 5.74. The average molecular weight is 314 g/mol. The fraction of sp³-hybridized carbons (Fsp3) is 0.500. The molecular weight excluding hydrogens is 292 g/mol. The molecule has 118 valence electrons. The van der Waals surface area contributed by atoms with Crippen LogP contribution in [-0.4, -0.2) is 26.5 Å². The number of carbonyl (C=O) groups is 1. The van der Waals surface area contributed by atoms with E-state index in [0.717, 1.165) is 6.42 Å². The Morgan fingerprint density at radius 3 is 2.48 bits per heavy atom. The molecule has 2 unspecified atom stereocenters. The molecule has 0 aliphatic rings. The van der Waals surface area contributed by atoms with Gasteiger partial charge in [0.05, 0.1) is 4.90 Å². The lowest BCUT2D eigenvalue weighted by Gasteiger charge is -2.19. The number of ether oxygens (including phenoxy) is 1. The second-order valence-electron chi connectivity index (χ2n) is 5.05. The molecule has 2 atom stereocenters. The molecule has 0 aliphatic carbocycles. The van der Waals surface area contributed by atoms with Gasteiger partial charge in [-0.1, -0.05) is 6.92 Å². The maximum absolute atomic E-state index is 11.9. The fourth-order valence-corrected chi connectivity index (χ4v) is 2.24. The summed E-state index contributed by atoms with van der Waals surface area (Å²) in [6.07, 6.45) is 0.165. The van der Waals surface area contributed by atoms with Crippen LogP contribution in [0.1, 0.15) is 32.8 Å². The van der Waals surface area contributed by atoms with E-state index in [1.54, 1.807) is 13.8 Å². The van der Waals surface area contributed by atoms with E-state index >= 15 is 0 Å². The summed E-state index contributed by atoms with van der Waals surface area (Å²) >= 11 is 0. The summed E-state index contributed by atoms with van der Waals surface area (Å²) in [7, 11) is -3.74. The van der Waals surface area contributed by atoms with Crippen LogP contribution in [0.15, 0.2) is 23.1 Å². The van der Waals surface area contributed by atoms with Gasteiger partial charge in [-0.2, -0.15) is 0 Å². The lowest BCUT2D eigenvalue weighted by Crippen LogP contribution is -2.41. The van der Waals surface area contributed by atoms with Crippen LogP contribution in [0.25, 0.3) is 0 Å². The summed E-state index contributed by atoms with van der Waals surface area (Å²) in [6.45, 7) is 7.23. The summed E-state index contributed by atoms with van der Waals surface area (Å²) in [5, 5.41) is 7.89. The third-order valence-corrected chi connectivity index (χ3v) is 4.06. The van der Waals surface area contributed by atoms with Gasteiger partial charge in [-0.05, 0) is 51.0 Å². The van der Waals surface area contributed by atoms with Gasteiger partial charge in [0.2, 0.25) is 10.0 Å². The summed E-state index contributed by atoms with van der Waals surface area (Å²) in [5.74, 6) is 0.244. The van der Waals surface area contributed by atoms with Gasteiger partial charge in [-0.25, -0.2) is 13.6 Å². The van der Waals surface area contributed by atoms with E-state index in [2.05, 4.69) is 5.32 Å². The van der Waals surface area contributed by atoms with Crippen molar-refractivity contribution in [1.29, 1.82) is 0 Å². The number of nitrogens with two attached hydrogens (primary N) is 1. The monoisotopic (exact) mass is 314 g/mol. The molecule has 0 fully saturated rings. The van der Waals surface area contributed by atoms with Crippen molar-refractivity contribution in [3.63, 3.8) is 0 Å². The van der Waals surface area contributed by atoms with E-state index in [1.807, 2.05) is 13.8 Å². The van der Waals surface area contributed by atoms with Crippen molar-refractivity contribution in [2.24, 2.45) is 5.14 Å². The molecule has 0 bridgehead atoms. The molecular formula is C14H22N2O4S. The van der Waals surface area contributed by atoms with Crippen LogP contribution >= 0.6 is 0 Å². The maximum Gasteiger partial charge on any atom is 0.260 e. The van der Waals surface area contributed by atoms with E-state index in [4.69, 9.17) is 9.88 Å². The van der Waals surface area contributed by atoms with Crippen molar-refractivity contribution in [3.8, 4) is 5.75 Å². The zero-order chi connectivity index (χ0) is 16.2. The van der Waals surface area contributed by atoms with Crippen molar-refractivity contribution < 1.29 is 17.9 Å². The van der Waals surface area contributed by atoms with Crippen LogP contribution in [0, 0.1) is 6.92 Å². The third kappa shape index (κ3) is 5.02. The zero-order valence-corrected chi connectivity index (χ0v) is 13.5. The molecule has 21 heavy (non-hydrogen) atoms. The zero-order valence-electron chi connectivity index (χ0n) is 12.7. The normalized spacial score (nSPS) is 14.3. The number of primary sulfonamides is 1. The smallest absolute Gasteiger partial charge is 0.260 e. The molecule has 0 aromatic heterocycles. The molecule has 6 nitrogen and oxygen atoms in total. The first-order valence-corrected chi connectivity index (χ1v) is 8.30. The van der Waals surface area contributed by atoms with Crippen LogP contribution in [0.5, 0.6) is 5.75 Å². The predicted octanol–water partition coefficient (Wildman–Crippen LogP) is 1.32. The molecule has 0 heterocycles. The fourth-order valence-electron chi connectivity index (χ4n) is 1.64. The molecule has 1 aromatic carbocycles. The van der Waals surface area contributed by atoms with Crippen molar-refractivity contribution in [2.45, 2.75) is 51.2 Å². The predicted molar refractivity (Wildman–Crippen MR) is 80.5 cm³/mol. The SMILES string of the molecule is CCC(C)NC(=O)C(C)Oc1ccc(S(N)(=O)=O)cc1C. The van der Waals surface area contributed by atoms with E-state index in [9.17, 15) is 13.2 Å². The van der Waals surface area contributed by atoms with Gasteiger partial charge in [0.25, 0.3) is 5.91 Å². The summed E-state index contributed by atoms with van der Waals surface area (Å²) in [4.78, 5) is 11.9. The number of carbonyl (C=O) groups excluding carboxylic acids is 1. The van der Waals surface area contributed by atoms with Crippen LogP contribution < -0.4 is 15.2 Å². The van der Waals surface area contributed by atoms with Crippen molar-refractivity contribution in [1.82, 2.24) is 5.32 Å². The van der Waals surface area contributed by atoms with Gasteiger partial charge in [-0.15, -0.1) is 0 Å². The summed E-state index contributed by atoms with van der Waals surface area (Å²) < 4.78 is 28.1. The molecule has 7 heteroatoms. The van der Waals surface area contributed by atoms with E-state index in [-0.39, 0.29) is 16.8 Å². The second kappa shape index (κ2) is 6.91. The number of hydrogen-bond acceptors (Lipinski definition) is 4. The lowest BCUT2D eigenvalue weighted by atomic mass is 10.2. The Morgan fingerprint density at radius 2 is 2.00 bits per heavy atom. The minimum Gasteiger partial charge on any atom is -0.481 e. The highest BCUT2D eigenvalue weighted by molar-refractivity contribution is 7.89. The first-order valence-electron chi connectivity index (χ1n) is 6.75. The number of nitrogens with one attached hydrogen (secondary N) is 1. The molecule has 0 spiro atoms. The van der Waals surface area contributed by atoms with Crippen molar-refractivity contribution in [3.05, 3.63) is 23.8 Å². The largest absolute Gasteiger partial charge is 0.481 e. The summed E-state index contributed by atoms with van der Waals surface area (Å²) in [6, 6.07) is 4.36. The molecule has 1 amide bonds. The van der Waals surface area contributed by atoms with Crippen molar-refractivity contribution >= 4 is 15.9 Å². The van der Waals surface area contributed by atoms with E-state index in [1.165, 1.54) is 18.2 Å². The average Bonchev–Trinajstić information content (AvgIpc) is 2.39. The molecule has 0 radical (unpaired) electrons. The highest BCUT2D eigenvalue weighted by Crippen LogP contribution is 2.22. The van der Waals surface area contributed by atoms with Crippen LogP contribution in [0.4, 0.5) is 0 Å². The number of rotatable bonds is 6. The molecule has 3 N–H and O–H groups in total. The van der Waals surface area contributed by atoms with Gasteiger partial charge in [0.1, 0.15) is 5.75 Å². The molecule has 1 aromatic rings. The number of sulfonamides is 1. The van der Waals surface area contributed by atoms with Crippen LogP contribution in [0.2, 0.25) is 0 Å². The highest BCUT2D eigenvalue weighted by atomic mass is 32.2. The number of hydrogen-bond donors (Lipinski definition) is 2. The number of amides is 1. The topological polar surface area (TPSA) is 98.5 Å². The minimum atomic E-state index is -3.74. The minimum absolute atomic E-state index is 0.0176. The Labute approximate surface area is 125 Å². The second-order valence-corrected chi connectivity index (χ2v) is 6.61. The van der Waals surface area contributed by atoms with Gasteiger partial charge >= 0.3 is 0 Å². The van der Waals surface area contributed by atoms with E-state index < -0.39 is 16.1 Å². The number of benzene rings is 1. The van der Waals surface area contributed by atoms with Gasteiger partial charge < -0.3 is 10.1 Å². The quantitative estimate of drug-likeness (QED) is 0.827. The maximum atomic E-state index is 11.9. The molecule has 1 rings (SSSR count). The lowest BCUT2D eigenvalue weighted by molar-refractivity contribution is -0.127. The Balaban J connectivity index is 2.82. The molecule has 0 aliphatic heterocycles. The van der Waals surface area contributed by atoms with Crippen molar-refractivity contribution in [2.75, 3.05) is 0 Å². The Bertz CT molecular complexity index is 613. The molecule has 0 saturated heterocycles. The van der Waals surface area contributed by atoms with Gasteiger partial charge in [-0.3, -0.25) is 4.79 Å².